The lowest BCUT2D eigenvalue weighted by Gasteiger charge is -2.41. The number of aromatic nitrogens is 5. The first kappa shape index (κ1) is 20.4. The maximum Gasteiger partial charge on any atom is 0.255 e. The van der Waals surface area contributed by atoms with Gasteiger partial charge in [0.05, 0.1) is 11.4 Å². The van der Waals surface area contributed by atoms with Crippen LogP contribution >= 0.6 is 0 Å². The van der Waals surface area contributed by atoms with E-state index in [1.165, 1.54) is 12.4 Å². The van der Waals surface area contributed by atoms with E-state index in [1.54, 1.807) is 23.9 Å². The number of pyridine rings is 1. The van der Waals surface area contributed by atoms with Crippen LogP contribution in [0.4, 0.5) is 11.6 Å². The summed E-state index contributed by atoms with van der Waals surface area (Å²) in [7, 11) is 1.76. The number of hydrogen-bond acceptors (Lipinski definition) is 7. The minimum Gasteiger partial charge on any atom is -0.368 e. The molecule has 4 heterocycles. The molecule has 0 amide bonds. The number of nitrogens with zero attached hydrogens (tertiary/aromatic N) is 7. The van der Waals surface area contributed by atoms with Crippen LogP contribution in [0.15, 0.2) is 54.0 Å². The maximum absolute atomic E-state index is 12.5. The van der Waals surface area contributed by atoms with Gasteiger partial charge in [-0.05, 0) is 25.1 Å². The quantitative estimate of drug-likeness (QED) is 0.676. The van der Waals surface area contributed by atoms with Gasteiger partial charge in [0.2, 0.25) is 5.95 Å². The number of piperazine rings is 1. The first-order chi connectivity index (χ1) is 14.1. The Hall–Kier alpha value is -3.29. The van der Waals surface area contributed by atoms with Crippen molar-refractivity contribution in [1.82, 2.24) is 24.5 Å². The van der Waals surface area contributed by atoms with Crippen molar-refractivity contribution in [3.63, 3.8) is 0 Å². The largest absolute Gasteiger partial charge is 0.368 e. The Bertz CT molecular complexity index is 975. The average molecular weight is 393 g/mol. The molecule has 0 radical (unpaired) electrons. The van der Waals surface area contributed by atoms with Gasteiger partial charge in [0.1, 0.15) is 6.33 Å². The molecule has 3 aromatic heterocycles. The Kier molecular flexibility index (Phi) is 6.54. The van der Waals surface area contributed by atoms with E-state index in [9.17, 15) is 4.79 Å². The van der Waals surface area contributed by atoms with E-state index in [0.29, 0.717) is 17.3 Å². The number of anilines is 2. The summed E-state index contributed by atoms with van der Waals surface area (Å²) in [5, 5.41) is 0. The van der Waals surface area contributed by atoms with Gasteiger partial charge in [-0.25, -0.2) is 15.0 Å². The summed E-state index contributed by atoms with van der Waals surface area (Å²) in [5.41, 5.74) is 2.27. The summed E-state index contributed by atoms with van der Waals surface area (Å²) in [6.45, 7) is 8.62. The van der Waals surface area contributed by atoms with E-state index >= 15 is 0 Å². The molecule has 0 aromatic carbocycles. The highest BCUT2D eigenvalue weighted by molar-refractivity contribution is 5.56. The molecule has 152 valence electrons. The predicted octanol–water partition coefficient (Wildman–Crippen LogP) is 2.37. The van der Waals surface area contributed by atoms with Crippen molar-refractivity contribution >= 4 is 11.6 Å². The zero-order chi connectivity index (χ0) is 20.8. The van der Waals surface area contributed by atoms with Gasteiger partial charge in [-0.2, -0.15) is 0 Å². The van der Waals surface area contributed by atoms with E-state index in [0.717, 1.165) is 25.3 Å². The van der Waals surface area contributed by atoms with E-state index in [-0.39, 0.29) is 11.6 Å². The van der Waals surface area contributed by atoms with Crippen LogP contribution in [-0.2, 0) is 7.05 Å². The standard InChI is InChI=1S/C19H21N7O.C2H6/c1-14-12-25(15-3-6-20-7-4-15)9-10-26(14)19-23-17(11-18(27)24(19)2)16-5-8-21-13-22-16;1-2/h3-8,11,13-14H,9-10,12H2,1-2H3;1-2H3. The molecule has 0 N–H and O–H groups in total. The first-order valence-corrected chi connectivity index (χ1v) is 9.89. The van der Waals surface area contributed by atoms with Crippen LogP contribution in [0.1, 0.15) is 20.8 Å². The van der Waals surface area contributed by atoms with Gasteiger partial charge in [0, 0.05) is 63.1 Å². The number of rotatable bonds is 3. The third kappa shape index (κ3) is 4.42. The van der Waals surface area contributed by atoms with Gasteiger partial charge in [-0.1, -0.05) is 13.8 Å². The molecule has 3 aromatic rings. The fourth-order valence-electron chi connectivity index (χ4n) is 3.40. The molecule has 8 heteroatoms. The molecular weight excluding hydrogens is 366 g/mol. The predicted molar refractivity (Wildman–Crippen MR) is 115 cm³/mol. The van der Waals surface area contributed by atoms with Crippen molar-refractivity contribution in [2.24, 2.45) is 7.05 Å². The minimum absolute atomic E-state index is 0.0997. The summed E-state index contributed by atoms with van der Waals surface area (Å²) >= 11 is 0. The molecule has 1 atom stereocenters. The van der Waals surface area contributed by atoms with Gasteiger partial charge < -0.3 is 9.80 Å². The Labute approximate surface area is 170 Å². The monoisotopic (exact) mass is 393 g/mol. The second kappa shape index (κ2) is 9.27. The lowest BCUT2D eigenvalue weighted by atomic mass is 10.2. The topological polar surface area (TPSA) is 80.0 Å². The summed E-state index contributed by atoms with van der Waals surface area (Å²) in [4.78, 5) is 34.0. The van der Waals surface area contributed by atoms with Gasteiger partial charge >= 0.3 is 0 Å². The Balaban J connectivity index is 0.00000117. The van der Waals surface area contributed by atoms with Gasteiger partial charge in [0.15, 0.2) is 0 Å². The van der Waals surface area contributed by atoms with Crippen molar-refractivity contribution in [2.75, 3.05) is 29.4 Å². The van der Waals surface area contributed by atoms with E-state index in [4.69, 9.17) is 4.98 Å². The highest BCUT2D eigenvalue weighted by Gasteiger charge is 2.27. The Morgan fingerprint density at radius 1 is 1.00 bits per heavy atom. The van der Waals surface area contributed by atoms with Crippen molar-refractivity contribution < 1.29 is 0 Å². The molecule has 29 heavy (non-hydrogen) atoms. The number of hydrogen-bond donors (Lipinski definition) is 0. The maximum atomic E-state index is 12.5. The van der Waals surface area contributed by atoms with Crippen molar-refractivity contribution in [1.29, 1.82) is 0 Å². The van der Waals surface area contributed by atoms with Crippen LogP contribution in [0, 0.1) is 0 Å². The Morgan fingerprint density at radius 3 is 2.38 bits per heavy atom. The summed E-state index contributed by atoms with van der Waals surface area (Å²) in [6, 6.07) is 7.52. The van der Waals surface area contributed by atoms with Gasteiger partial charge in [-0.15, -0.1) is 0 Å². The van der Waals surface area contributed by atoms with E-state index in [2.05, 4.69) is 31.7 Å². The second-order valence-electron chi connectivity index (χ2n) is 6.63. The van der Waals surface area contributed by atoms with Crippen molar-refractivity contribution in [2.45, 2.75) is 26.8 Å². The molecule has 8 nitrogen and oxygen atoms in total. The molecular formula is C21H27N7O. The zero-order valence-electron chi connectivity index (χ0n) is 17.4. The van der Waals surface area contributed by atoms with Crippen LogP contribution in [-0.4, -0.2) is 50.2 Å². The molecule has 0 bridgehead atoms. The third-order valence-electron chi connectivity index (χ3n) is 4.87. The van der Waals surface area contributed by atoms with Gasteiger partial charge in [-0.3, -0.25) is 14.3 Å². The lowest BCUT2D eigenvalue weighted by molar-refractivity contribution is 0.529. The highest BCUT2D eigenvalue weighted by atomic mass is 16.1. The van der Waals surface area contributed by atoms with Crippen LogP contribution in [0.2, 0.25) is 0 Å². The molecule has 0 saturated carbocycles. The molecule has 4 rings (SSSR count). The molecule has 0 aliphatic carbocycles. The zero-order valence-corrected chi connectivity index (χ0v) is 17.4. The molecule has 1 saturated heterocycles. The molecule has 1 unspecified atom stereocenters. The molecule has 1 fully saturated rings. The van der Waals surface area contributed by atoms with Crippen LogP contribution < -0.4 is 15.4 Å². The lowest BCUT2D eigenvalue weighted by Crippen LogP contribution is -2.53. The summed E-state index contributed by atoms with van der Waals surface area (Å²) in [5.74, 6) is 0.665. The average Bonchev–Trinajstić information content (AvgIpc) is 2.78. The van der Waals surface area contributed by atoms with Crippen LogP contribution in [0.5, 0.6) is 0 Å². The van der Waals surface area contributed by atoms with Crippen molar-refractivity contribution in [3.05, 3.63) is 59.5 Å². The summed E-state index contributed by atoms with van der Waals surface area (Å²) < 4.78 is 1.60. The molecule has 0 spiro atoms. The van der Waals surface area contributed by atoms with Crippen LogP contribution in [0.25, 0.3) is 11.4 Å². The molecule has 1 aliphatic heterocycles. The Morgan fingerprint density at radius 2 is 1.72 bits per heavy atom. The SMILES string of the molecule is CC.CC1CN(c2ccncc2)CCN1c1nc(-c2ccncn2)cc(=O)n1C. The fourth-order valence-corrected chi connectivity index (χ4v) is 3.40. The normalized spacial score (nSPS) is 16.2. The van der Waals surface area contributed by atoms with E-state index in [1.807, 2.05) is 38.4 Å². The highest BCUT2D eigenvalue weighted by Crippen LogP contribution is 2.23. The van der Waals surface area contributed by atoms with E-state index < -0.39 is 0 Å². The smallest absolute Gasteiger partial charge is 0.255 e. The minimum atomic E-state index is -0.0997. The second-order valence-corrected chi connectivity index (χ2v) is 6.63. The van der Waals surface area contributed by atoms with Crippen LogP contribution in [0.3, 0.4) is 0 Å². The molecule has 1 aliphatic rings. The van der Waals surface area contributed by atoms with Crippen molar-refractivity contribution in [3.8, 4) is 11.4 Å². The first-order valence-electron chi connectivity index (χ1n) is 9.89. The fraction of sp³-hybridized carbons (Fsp3) is 0.381. The summed E-state index contributed by atoms with van der Waals surface area (Å²) in [6.07, 6.45) is 6.73. The third-order valence-corrected chi connectivity index (χ3v) is 4.87. The van der Waals surface area contributed by atoms with Gasteiger partial charge in [0.25, 0.3) is 5.56 Å².